The summed E-state index contributed by atoms with van der Waals surface area (Å²) < 4.78 is 11.2. The van der Waals surface area contributed by atoms with E-state index in [1.807, 2.05) is 19.1 Å². The normalized spacial score (nSPS) is 24.7. The highest BCUT2D eigenvalue weighted by atomic mass is 16.5. The number of fused-ring (bicyclic) bond motifs is 1. The number of rotatable bonds is 5. The van der Waals surface area contributed by atoms with Crippen molar-refractivity contribution in [2.75, 3.05) is 39.4 Å². The first-order chi connectivity index (χ1) is 16.0. The van der Waals surface area contributed by atoms with Crippen molar-refractivity contribution >= 4 is 17.4 Å². The molecule has 2 fully saturated rings. The minimum absolute atomic E-state index is 0.0694. The second-order valence-electron chi connectivity index (χ2n) is 8.68. The van der Waals surface area contributed by atoms with Gasteiger partial charge in [0, 0.05) is 50.6 Å². The molecule has 1 N–H and O–H groups in total. The highest BCUT2D eigenvalue weighted by Gasteiger charge is 2.46. The summed E-state index contributed by atoms with van der Waals surface area (Å²) in [6.45, 7) is 5.90. The Morgan fingerprint density at radius 3 is 2.64 bits per heavy atom. The van der Waals surface area contributed by atoms with Crippen LogP contribution in [0.15, 0.2) is 48.3 Å². The van der Waals surface area contributed by atoms with E-state index in [0.717, 1.165) is 36.4 Å². The van der Waals surface area contributed by atoms with Gasteiger partial charge in [0.1, 0.15) is 17.6 Å². The van der Waals surface area contributed by atoms with E-state index in [9.17, 15) is 14.7 Å². The highest BCUT2D eigenvalue weighted by molar-refractivity contribution is 6.46. The molecule has 2 saturated heterocycles. The first-order valence-corrected chi connectivity index (χ1v) is 11.3. The van der Waals surface area contributed by atoms with E-state index in [2.05, 4.69) is 9.88 Å². The number of pyridine rings is 1. The molecule has 33 heavy (non-hydrogen) atoms. The molecule has 5 rings (SSSR count). The average molecular weight is 450 g/mol. The van der Waals surface area contributed by atoms with Crippen LogP contribution in [0.5, 0.6) is 5.75 Å². The number of aliphatic hydroxyl groups is 1. The van der Waals surface area contributed by atoms with Crippen LogP contribution in [0.25, 0.3) is 5.76 Å². The molecule has 0 saturated carbocycles. The largest absolute Gasteiger partial charge is 0.507 e. The number of carbonyl (C=O) groups is 2. The number of nitrogens with zero attached hydrogens (tertiary/aromatic N) is 3. The lowest BCUT2D eigenvalue weighted by Crippen LogP contribution is -2.42. The molecule has 0 radical (unpaired) electrons. The third kappa shape index (κ3) is 4.12. The Morgan fingerprint density at radius 2 is 1.88 bits per heavy atom. The summed E-state index contributed by atoms with van der Waals surface area (Å²) in [5.74, 6) is -0.631. The van der Waals surface area contributed by atoms with Crippen molar-refractivity contribution in [2.45, 2.75) is 25.5 Å². The maximum absolute atomic E-state index is 13.2. The van der Waals surface area contributed by atoms with Crippen LogP contribution in [-0.2, 0) is 20.7 Å². The first kappa shape index (κ1) is 21.6. The van der Waals surface area contributed by atoms with Gasteiger partial charge in [-0.1, -0.05) is 0 Å². The lowest BCUT2D eigenvalue weighted by molar-refractivity contribution is -0.140. The Hall–Kier alpha value is -3.23. The highest BCUT2D eigenvalue weighted by Crippen LogP contribution is 2.40. The zero-order chi connectivity index (χ0) is 22.9. The molecule has 3 aliphatic heterocycles. The van der Waals surface area contributed by atoms with Gasteiger partial charge in [0.2, 0.25) is 0 Å². The maximum Gasteiger partial charge on any atom is 0.295 e. The first-order valence-electron chi connectivity index (χ1n) is 11.3. The number of amides is 1. The van der Waals surface area contributed by atoms with E-state index in [1.54, 1.807) is 35.5 Å². The molecule has 1 aromatic heterocycles. The van der Waals surface area contributed by atoms with Crippen molar-refractivity contribution in [1.29, 1.82) is 0 Å². The number of hydrogen-bond acceptors (Lipinski definition) is 7. The Balaban J connectivity index is 1.51. The third-order valence-electron chi connectivity index (χ3n) is 6.49. The van der Waals surface area contributed by atoms with Crippen LogP contribution in [0, 0.1) is 0 Å². The van der Waals surface area contributed by atoms with Gasteiger partial charge in [0.05, 0.1) is 24.8 Å². The van der Waals surface area contributed by atoms with Gasteiger partial charge in [0.25, 0.3) is 11.7 Å². The zero-order valence-electron chi connectivity index (χ0n) is 18.6. The van der Waals surface area contributed by atoms with Crippen molar-refractivity contribution in [3.05, 3.63) is 65.0 Å². The molecule has 0 bridgehead atoms. The molecule has 8 heteroatoms. The Bertz CT molecular complexity index is 1090. The Kier molecular flexibility index (Phi) is 5.86. The quantitative estimate of drug-likeness (QED) is 0.425. The number of morpholine rings is 1. The van der Waals surface area contributed by atoms with E-state index in [4.69, 9.17) is 9.47 Å². The van der Waals surface area contributed by atoms with Gasteiger partial charge < -0.3 is 19.5 Å². The molecule has 0 aliphatic carbocycles. The van der Waals surface area contributed by atoms with Crippen molar-refractivity contribution in [3.63, 3.8) is 0 Å². The third-order valence-corrected chi connectivity index (χ3v) is 6.49. The van der Waals surface area contributed by atoms with Gasteiger partial charge in [-0.2, -0.15) is 0 Å². The predicted octanol–water partition coefficient (Wildman–Crippen LogP) is 2.16. The summed E-state index contributed by atoms with van der Waals surface area (Å²) in [4.78, 5) is 34.1. The standard InChI is InChI=1S/C25H27N3O5/c1-16-14-19-15-18(2-3-20(19)33-16)23(29)21-22(17-4-6-26-7-5-17)28(25(31)24(21)30)9-8-27-10-12-32-13-11-27/h2-7,15-16,22,29H,8-14H2,1H3/t16-,22-/m0/s1. The Labute approximate surface area is 192 Å². The summed E-state index contributed by atoms with van der Waals surface area (Å²) in [5, 5.41) is 11.3. The summed E-state index contributed by atoms with van der Waals surface area (Å²) in [5.41, 5.74) is 2.34. The van der Waals surface area contributed by atoms with Crippen LogP contribution in [0.2, 0.25) is 0 Å². The van der Waals surface area contributed by atoms with Crippen molar-refractivity contribution in [3.8, 4) is 5.75 Å². The number of carbonyl (C=O) groups excluding carboxylic acids is 2. The van der Waals surface area contributed by atoms with Crippen LogP contribution in [0.1, 0.15) is 29.7 Å². The number of hydrogen-bond donors (Lipinski definition) is 1. The number of aliphatic hydroxyl groups excluding tert-OH is 1. The van der Waals surface area contributed by atoms with Crippen LogP contribution in [0.4, 0.5) is 0 Å². The van der Waals surface area contributed by atoms with Crippen LogP contribution in [0.3, 0.4) is 0 Å². The summed E-state index contributed by atoms with van der Waals surface area (Å²) in [6, 6.07) is 8.28. The molecule has 4 heterocycles. The van der Waals surface area contributed by atoms with E-state index < -0.39 is 17.7 Å². The Morgan fingerprint density at radius 1 is 1.12 bits per heavy atom. The van der Waals surface area contributed by atoms with Gasteiger partial charge >= 0.3 is 0 Å². The van der Waals surface area contributed by atoms with Crippen LogP contribution >= 0.6 is 0 Å². The molecule has 3 aliphatic rings. The van der Waals surface area contributed by atoms with E-state index in [1.165, 1.54) is 0 Å². The number of benzene rings is 1. The van der Waals surface area contributed by atoms with Crippen LogP contribution < -0.4 is 4.74 Å². The molecule has 0 spiro atoms. The SMILES string of the molecule is C[C@H]1Cc2cc(C(O)=C3C(=O)C(=O)N(CCN4CCOCC4)[C@H]3c3ccncc3)ccc2O1. The van der Waals surface area contributed by atoms with E-state index in [0.29, 0.717) is 31.9 Å². The molecule has 2 atom stereocenters. The van der Waals surface area contributed by atoms with Crippen molar-refractivity contribution in [1.82, 2.24) is 14.8 Å². The van der Waals surface area contributed by atoms with Crippen molar-refractivity contribution < 1.29 is 24.2 Å². The molecule has 172 valence electrons. The molecular weight excluding hydrogens is 422 g/mol. The monoisotopic (exact) mass is 449 g/mol. The molecular formula is C25H27N3O5. The van der Waals surface area contributed by atoms with E-state index >= 15 is 0 Å². The lowest BCUT2D eigenvalue weighted by Gasteiger charge is -2.31. The number of likely N-dealkylation sites (tertiary alicyclic amines) is 1. The molecule has 2 aromatic rings. The molecule has 1 aromatic carbocycles. The fourth-order valence-corrected chi connectivity index (χ4v) is 4.80. The summed E-state index contributed by atoms with van der Waals surface area (Å²) in [6.07, 6.45) is 4.06. The van der Waals surface area contributed by atoms with Gasteiger partial charge in [0.15, 0.2) is 0 Å². The maximum atomic E-state index is 13.2. The number of Topliss-reactive ketones (excluding diaryl/α,β-unsaturated/α-hetero) is 1. The fourth-order valence-electron chi connectivity index (χ4n) is 4.80. The molecule has 8 nitrogen and oxygen atoms in total. The summed E-state index contributed by atoms with van der Waals surface area (Å²) in [7, 11) is 0. The minimum atomic E-state index is -0.669. The summed E-state index contributed by atoms with van der Waals surface area (Å²) >= 11 is 0. The van der Waals surface area contributed by atoms with Gasteiger partial charge in [-0.05, 0) is 48.4 Å². The number of ketones is 1. The minimum Gasteiger partial charge on any atom is -0.507 e. The van der Waals surface area contributed by atoms with E-state index in [-0.39, 0.29) is 17.4 Å². The second kappa shape index (κ2) is 8.96. The van der Waals surface area contributed by atoms with Crippen molar-refractivity contribution in [2.24, 2.45) is 0 Å². The second-order valence-corrected chi connectivity index (χ2v) is 8.68. The zero-order valence-corrected chi connectivity index (χ0v) is 18.6. The predicted molar refractivity (Wildman–Crippen MR) is 121 cm³/mol. The molecule has 1 amide bonds. The topological polar surface area (TPSA) is 92.2 Å². The number of ether oxygens (including phenoxy) is 2. The smallest absolute Gasteiger partial charge is 0.295 e. The van der Waals surface area contributed by atoms with Gasteiger partial charge in [-0.3, -0.25) is 19.5 Å². The molecule has 0 unspecified atom stereocenters. The fraction of sp³-hybridized carbons (Fsp3) is 0.400. The van der Waals surface area contributed by atoms with Gasteiger partial charge in [-0.15, -0.1) is 0 Å². The number of aromatic nitrogens is 1. The lowest BCUT2D eigenvalue weighted by atomic mass is 9.95. The van der Waals surface area contributed by atoms with Crippen LogP contribution in [-0.4, -0.2) is 77.1 Å². The van der Waals surface area contributed by atoms with Gasteiger partial charge in [-0.25, -0.2) is 0 Å². The average Bonchev–Trinajstić information content (AvgIpc) is 3.34.